The number of pyridine rings is 2. The zero-order valence-electron chi connectivity index (χ0n) is 15.7. The molecular formula is C21H16FN7O. The lowest BCUT2D eigenvalue weighted by molar-refractivity contribution is 0.0689. The van der Waals surface area contributed by atoms with Crippen molar-refractivity contribution in [3.05, 3.63) is 89.8 Å². The van der Waals surface area contributed by atoms with Crippen molar-refractivity contribution in [2.24, 2.45) is 0 Å². The fourth-order valence-corrected chi connectivity index (χ4v) is 4.18. The number of imidazole rings is 1. The van der Waals surface area contributed by atoms with Crippen molar-refractivity contribution >= 4 is 16.9 Å². The van der Waals surface area contributed by atoms with E-state index in [1.165, 1.54) is 10.6 Å². The van der Waals surface area contributed by atoms with Crippen LogP contribution < -0.4 is 0 Å². The highest BCUT2D eigenvalue weighted by Crippen LogP contribution is 2.35. The number of halogens is 1. The van der Waals surface area contributed by atoms with Gasteiger partial charge in [0.25, 0.3) is 5.91 Å². The molecule has 0 saturated heterocycles. The van der Waals surface area contributed by atoms with Crippen LogP contribution in [0.25, 0.3) is 11.0 Å². The van der Waals surface area contributed by atoms with Crippen molar-refractivity contribution in [1.29, 1.82) is 0 Å². The van der Waals surface area contributed by atoms with Gasteiger partial charge in [-0.3, -0.25) is 4.79 Å². The summed E-state index contributed by atoms with van der Waals surface area (Å²) in [5.41, 5.74) is 3.86. The summed E-state index contributed by atoms with van der Waals surface area (Å²) in [4.78, 5) is 23.0. The molecule has 1 unspecified atom stereocenters. The maximum Gasteiger partial charge on any atom is 0.258 e. The van der Waals surface area contributed by atoms with Gasteiger partial charge in [0.1, 0.15) is 17.4 Å². The lowest BCUT2D eigenvalue weighted by Gasteiger charge is -2.33. The molecule has 1 amide bonds. The van der Waals surface area contributed by atoms with Crippen molar-refractivity contribution in [2.45, 2.75) is 12.5 Å². The number of carbonyl (C=O) groups excluding carboxylic acids is 1. The third-order valence-corrected chi connectivity index (χ3v) is 5.59. The molecule has 1 aliphatic heterocycles. The minimum Gasteiger partial charge on any atom is -0.348 e. The van der Waals surface area contributed by atoms with Crippen LogP contribution in [0.2, 0.25) is 0 Å². The quantitative estimate of drug-likeness (QED) is 0.493. The number of amides is 1. The van der Waals surface area contributed by atoms with Crippen molar-refractivity contribution in [3.8, 4) is 0 Å². The van der Waals surface area contributed by atoms with E-state index in [1.807, 2.05) is 18.2 Å². The Kier molecular flexibility index (Phi) is 3.52. The van der Waals surface area contributed by atoms with Crippen molar-refractivity contribution in [1.82, 2.24) is 34.1 Å². The second-order valence-electron chi connectivity index (χ2n) is 7.26. The van der Waals surface area contributed by atoms with Gasteiger partial charge in [-0.15, -0.1) is 0 Å². The van der Waals surface area contributed by atoms with E-state index in [0.717, 1.165) is 16.9 Å². The lowest BCUT2D eigenvalue weighted by Crippen LogP contribution is -2.41. The van der Waals surface area contributed by atoms with E-state index in [9.17, 15) is 9.18 Å². The third-order valence-electron chi connectivity index (χ3n) is 5.59. The summed E-state index contributed by atoms with van der Waals surface area (Å²) in [6.45, 7) is 0.485. The molecule has 8 nitrogen and oxygen atoms in total. The van der Waals surface area contributed by atoms with Crippen LogP contribution in [0.15, 0.2) is 61.3 Å². The summed E-state index contributed by atoms with van der Waals surface area (Å²) in [7, 11) is 0. The first-order valence-corrected chi connectivity index (χ1v) is 9.60. The molecule has 0 aromatic carbocycles. The SMILES string of the molecule is O=C(c1cnn2ccccc12)N1CCc2[nH]cnc2C1c1cc2c(F)cccn2n1. The van der Waals surface area contributed by atoms with Crippen LogP contribution in [0.5, 0.6) is 0 Å². The van der Waals surface area contributed by atoms with Gasteiger partial charge < -0.3 is 9.88 Å². The Morgan fingerprint density at radius 3 is 2.93 bits per heavy atom. The van der Waals surface area contributed by atoms with E-state index in [2.05, 4.69) is 20.2 Å². The number of fused-ring (bicyclic) bond motifs is 3. The highest BCUT2D eigenvalue weighted by Gasteiger charge is 2.37. The first-order valence-electron chi connectivity index (χ1n) is 9.60. The zero-order valence-corrected chi connectivity index (χ0v) is 15.7. The third kappa shape index (κ3) is 2.38. The summed E-state index contributed by atoms with van der Waals surface area (Å²) >= 11 is 0. The number of carbonyl (C=O) groups is 1. The molecule has 0 spiro atoms. The highest BCUT2D eigenvalue weighted by atomic mass is 19.1. The number of rotatable bonds is 2. The van der Waals surface area contributed by atoms with Crippen LogP contribution in [-0.4, -0.2) is 46.5 Å². The van der Waals surface area contributed by atoms with Gasteiger partial charge in [0.2, 0.25) is 0 Å². The molecule has 30 heavy (non-hydrogen) atoms. The smallest absolute Gasteiger partial charge is 0.258 e. The number of H-pyrrole nitrogens is 1. The Morgan fingerprint density at radius 2 is 2.03 bits per heavy atom. The Bertz CT molecular complexity index is 1420. The van der Waals surface area contributed by atoms with Crippen molar-refractivity contribution in [2.75, 3.05) is 6.54 Å². The number of nitrogens with zero attached hydrogens (tertiary/aromatic N) is 6. The molecule has 6 heterocycles. The van der Waals surface area contributed by atoms with Crippen LogP contribution in [0.3, 0.4) is 0 Å². The molecule has 6 rings (SSSR count). The molecule has 5 aromatic rings. The first kappa shape index (κ1) is 16.9. The largest absolute Gasteiger partial charge is 0.348 e. The van der Waals surface area contributed by atoms with Gasteiger partial charge in [-0.2, -0.15) is 10.2 Å². The summed E-state index contributed by atoms with van der Waals surface area (Å²) in [6, 6.07) is 9.74. The first-order chi connectivity index (χ1) is 14.7. The lowest BCUT2D eigenvalue weighted by atomic mass is 9.98. The summed E-state index contributed by atoms with van der Waals surface area (Å²) in [6.07, 6.45) is 7.35. The van der Waals surface area contributed by atoms with Gasteiger partial charge in [-0.25, -0.2) is 18.4 Å². The Labute approximate surface area is 169 Å². The maximum atomic E-state index is 14.3. The second kappa shape index (κ2) is 6.24. The molecular weight excluding hydrogens is 385 g/mol. The fraction of sp³-hybridized carbons (Fsp3) is 0.143. The van der Waals surface area contributed by atoms with E-state index in [0.29, 0.717) is 29.7 Å². The molecule has 0 aliphatic carbocycles. The van der Waals surface area contributed by atoms with Gasteiger partial charge in [0.05, 0.1) is 35.0 Å². The predicted octanol–water partition coefficient (Wildman–Crippen LogP) is 2.63. The summed E-state index contributed by atoms with van der Waals surface area (Å²) in [5, 5.41) is 8.85. The molecule has 5 aromatic heterocycles. The van der Waals surface area contributed by atoms with Crippen LogP contribution in [0, 0.1) is 5.82 Å². The molecule has 148 valence electrons. The Balaban J connectivity index is 1.50. The summed E-state index contributed by atoms with van der Waals surface area (Å²) < 4.78 is 17.4. The minimum absolute atomic E-state index is 0.160. The average molecular weight is 401 g/mol. The van der Waals surface area contributed by atoms with Gasteiger partial charge in [0, 0.05) is 31.1 Å². The average Bonchev–Trinajstić information content (AvgIpc) is 3.50. The molecule has 9 heteroatoms. The topological polar surface area (TPSA) is 83.6 Å². The Hall–Kier alpha value is -4.01. The van der Waals surface area contributed by atoms with Crippen molar-refractivity contribution in [3.63, 3.8) is 0 Å². The van der Waals surface area contributed by atoms with Crippen LogP contribution >= 0.6 is 0 Å². The molecule has 1 aliphatic rings. The fourth-order valence-electron chi connectivity index (χ4n) is 4.18. The number of hydrogen-bond acceptors (Lipinski definition) is 4. The predicted molar refractivity (Wildman–Crippen MR) is 106 cm³/mol. The van der Waals surface area contributed by atoms with Gasteiger partial charge in [-0.1, -0.05) is 6.07 Å². The molecule has 0 saturated carbocycles. The van der Waals surface area contributed by atoms with Gasteiger partial charge in [-0.05, 0) is 30.3 Å². The van der Waals surface area contributed by atoms with Crippen LogP contribution in [-0.2, 0) is 6.42 Å². The monoisotopic (exact) mass is 401 g/mol. The number of aromatic nitrogens is 6. The zero-order chi connectivity index (χ0) is 20.2. The number of hydrogen-bond donors (Lipinski definition) is 1. The molecule has 0 fully saturated rings. The molecule has 1 atom stereocenters. The van der Waals surface area contributed by atoms with E-state index in [1.54, 1.807) is 46.5 Å². The summed E-state index contributed by atoms with van der Waals surface area (Å²) in [5.74, 6) is -0.526. The molecule has 0 bridgehead atoms. The maximum absolute atomic E-state index is 14.3. The standard InChI is InChI=1S/C21H16FN7O/c22-14-4-3-8-29-18(14)10-16(26-29)20-19-15(23-12-24-19)6-9-27(20)21(30)13-11-25-28-7-2-1-5-17(13)28/h1-5,7-8,10-12,20H,6,9H2,(H,23,24). The van der Waals surface area contributed by atoms with E-state index in [4.69, 9.17) is 0 Å². The van der Waals surface area contributed by atoms with Gasteiger partial charge >= 0.3 is 0 Å². The van der Waals surface area contributed by atoms with Gasteiger partial charge in [0.15, 0.2) is 0 Å². The Morgan fingerprint density at radius 1 is 1.13 bits per heavy atom. The number of aromatic amines is 1. The van der Waals surface area contributed by atoms with Crippen molar-refractivity contribution < 1.29 is 9.18 Å². The normalized spacial score (nSPS) is 16.3. The van der Waals surface area contributed by atoms with E-state index >= 15 is 0 Å². The minimum atomic E-state index is -0.523. The number of nitrogens with one attached hydrogen (secondary N) is 1. The van der Waals surface area contributed by atoms with Crippen LogP contribution in [0.1, 0.15) is 33.5 Å². The van der Waals surface area contributed by atoms with Crippen LogP contribution in [0.4, 0.5) is 4.39 Å². The van der Waals surface area contributed by atoms with E-state index in [-0.39, 0.29) is 11.7 Å². The highest BCUT2D eigenvalue weighted by molar-refractivity contribution is 6.01. The molecule has 1 N–H and O–H groups in total. The second-order valence-corrected chi connectivity index (χ2v) is 7.26. The molecule has 0 radical (unpaired) electrons. The van der Waals surface area contributed by atoms with E-state index < -0.39 is 6.04 Å².